The van der Waals surface area contributed by atoms with Crippen molar-refractivity contribution in [1.29, 1.82) is 0 Å². The molecule has 0 radical (unpaired) electrons. The molecule has 21 heavy (non-hydrogen) atoms. The summed E-state index contributed by atoms with van der Waals surface area (Å²) < 4.78 is 26.2. The van der Waals surface area contributed by atoms with Crippen molar-refractivity contribution in [3.8, 4) is 0 Å². The lowest BCUT2D eigenvalue weighted by molar-refractivity contribution is -0.128. The second-order valence-corrected chi connectivity index (χ2v) is 8.11. The lowest BCUT2D eigenvalue weighted by Crippen LogP contribution is -2.41. The molecule has 1 amide bonds. The van der Waals surface area contributed by atoms with Crippen LogP contribution in [0.1, 0.15) is 18.4 Å². The fourth-order valence-electron chi connectivity index (χ4n) is 2.47. The van der Waals surface area contributed by atoms with Crippen molar-refractivity contribution in [2.45, 2.75) is 19.8 Å². The highest BCUT2D eigenvalue weighted by Crippen LogP contribution is 2.26. The summed E-state index contributed by atoms with van der Waals surface area (Å²) in [6.07, 6.45) is 3.11. The quantitative estimate of drug-likeness (QED) is 0.810. The van der Waals surface area contributed by atoms with E-state index in [4.69, 9.17) is 0 Å². The van der Waals surface area contributed by atoms with Gasteiger partial charge in [0.15, 0.2) is 0 Å². The van der Waals surface area contributed by atoms with E-state index in [1.807, 2.05) is 13.0 Å². The molecule has 1 aliphatic heterocycles. The van der Waals surface area contributed by atoms with E-state index in [2.05, 4.69) is 15.9 Å². The van der Waals surface area contributed by atoms with E-state index in [1.165, 1.54) is 4.31 Å². The smallest absolute Gasteiger partial charge is 0.243 e. The lowest BCUT2D eigenvalue weighted by atomic mass is 10.2. The van der Waals surface area contributed by atoms with Crippen LogP contribution in [-0.4, -0.2) is 45.1 Å². The van der Waals surface area contributed by atoms with Gasteiger partial charge in [-0.2, -0.15) is 0 Å². The minimum absolute atomic E-state index is 0.138. The fourth-order valence-corrected chi connectivity index (χ4v) is 3.85. The maximum atomic E-state index is 12.3. The van der Waals surface area contributed by atoms with Crippen LogP contribution < -0.4 is 4.31 Å². The number of nitrogens with zero attached hydrogens (tertiary/aromatic N) is 2. The molecule has 116 valence electrons. The first-order valence-corrected chi connectivity index (χ1v) is 9.45. The molecule has 5 nitrogen and oxygen atoms in total. The highest BCUT2D eigenvalue weighted by atomic mass is 79.9. The number of carbonyl (C=O) groups is 1. The molecule has 1 aromatic rings. The molecule has 7 heteroatoms. The summed E-state index contributed by atoms with van der Waals surface area (Å²) in [6.45, 7) is 3.13. The van der Waals surface area contributed by atoms with Gasteiger partial charge in [-0.1, -0.05) is 15.9 Å². The summed E-state index contributed by atoms with van der Waals surface area (Å²) in [5, 5.41) is 0. The molecule has 1 aliphatic rings. The average Bonchev–Trinajstić information content (AvgIpc) is 2.89. The van der Waals surface area contributed by atoms with Crippen LogP contribution in [0.4, 0.5) is 5.69 Å². The molecule has 0 saturated carbocycles. The van der Waals surface area contributed by atoms with Gasteiger partial charge in [0.05, 0.1) is 11.9 Å². The number of amides is 1. The highest BCUT2D eigenvalue weighted by Gasteiger charge is 2.26. The molecule has 1 aromatic carbocycles. The zero-order valence-corrected chi connectivity index (χ0v) is 14.6. The minimum Gasteiger partial charge on any atom is -0.341 e. The van der Waals surface area contributed by atoms with Gasteiger partial charge < -0.3 is 4.90 Å². The first kappa shape index (κ1) is 16.3. The fraction of sp³-hybridized carbons (Fsp3) is 0.500. The number of hydrogen-bond donors (Lipinski definition) is 0. The zero-order valence-electron chi connectivity index (χ0n) is 12.2. The van der Waals surface area contributed by atoms with Gasteiger partial charge in [-0.3, -0.25) is 9.10 Å². The molecular weight excluding hydrogens is 356 g/mol. The van der Waals surface area contributed by atoms with Crippen molar-refractivity contribution in [2.75, 3.05) is 30.2 Å². The second-order valence-electron chi connectivity index (χ2n) is 5.29. The summed E-state index contributed by atoms with van der Waals surface area (Å²) in [5.41, 5.74) is 1.36. The highest BCUT2D eigenvalue weighted by molar-refractivity contribution is 9.10. The third-order valence-corrected chi connectivity index (χ3v) is 5.19. The molecule has 0 spiro atoms. The van der Waals surface area contributed by atoms with Gasteiger partial charge in [-0.15, -0.1) is 0 Å². The molecule has 0 bridgehead atoms. The van der Waals surface area contributed by atoms with E-state index < -0.39 is 10.0 Å². The lowest BCUT2D eigenvalue weighted by Gasteiger charge is -2.26. The van der Waals surface area contributed by atoms with Crippen molar-refractivity contribution in [3.63, 3.8) is 0 Å². The van der Waals surface area contributed by atoms with E-state index in [1.54, 1.807) is 17.0 Å². The molecule has 0 atom stereocenters. The molecule has 1 heterocycles. The molecule has 2 rings (SSSR count). The van der Waals surface area contributed by atoms with Crippen LogP contribution in [0.2, 0.25) is 0 Å². The van der Waals surface area contributed by atoms with Crippen molar-refractivity contribution < 1.29 is 13.2 Å². The number of hydrogen-bond acceptors (Lipinski definition) is 3. The van der Waals surface area contributed by atoms with Crippen molar-refractivity contribution in [1.82, 2.24) is 4.90 Å². The Kier molecular flexibility index (Phi) is 4.93. The number of aryl methyl sites for hydroxylation is 1. The van der Waals surface area contributed by atoms with Crippen LogP contribution >= 0.6 is 15.9 Å². The van der Waals surface area contributed by atoms with Gasteiger partial charge in [-0.25, -0.2) is 8.42 Å². The zero-order chi connectivity index (χ0) is 15.6. The predicted octanol–water partition coefficient (Wildman–Crippen LogP) is 2.15. The van der Waals surface area contributed by atoms with E-state index in [-0.39, 0.29) is 12.5 Å². The standard InChI is InChI=1S/C14H19BrN2O3S/c1-11-9-12(15)5-6-13(11)17(21(2,19)20)10-14(18)16-7-3-4-8-16/h5-6,9H,3-4,7-8,10H2,1-2H3. The van der Waals surface area contributed by atoms with Crippen LogP contribution in [0.3, 0.4) is 0 Å². The summed E-state index contributed by atoms with van der Waals surface area (Å²) >= 11 is 3.36. The number of carbonyl (C=O) groups excluding carboxylic acids is 1. The van der Waals surface area contributed by atoms with Gasteiger partial charge in [0.1, 0.15) is 6.54 Å². The topological polar surface area (TPSA) is 57.7 Å². The summed E-state index contributed by atoms with van der Waals surface area (Å²) in [6, 6.07) is 5.34. The van der Waals surface area contributed by atoms with Crippen molar-refractivity contribution >= 4 is 37.5 Å². The van der Waals surface area contributed by atoms with Crippen LogP contribution in [0, 0.1) is 6.92 Å². The van der Waals surface area contributed by atoms with Gasteiger partial charge in [-0.05, 0) is 43.5 Å². The van der Waals surface area contributed by atoms with Crippen LogP contribution in [-0.2, 0) is 14.8 Å². The Balaban J connectivity index is 2.29. The summed E-state index contributed by atoms with van der Waals surface area (Å²) in [7, 11) is -3.51. The van der Waals surface area contributed by atoms with Gasteiger partial charge in [0.2, 0.25) is 15.9 Å². The molecular formula is C14H19BrN2O3S. The van der Waals surface area contributed by atoms with Gasteiger partial charge in [0.25, 0.3) is 0 Å². The van der Waals surface area contributed by atoms with Crippen molar-refractivity contribution in [2.24, 2.45) is 0 Å². The largest absolute Gasteiger partial charge is 0.341 e. The van der Waals surface area contributed by atoms with E-state index in [0.29, 0.717) is 5.69 Å². The van der Waals surface area contributed by atoms with E-state index in [9.17, 15) is 13.2 Å². The minimum atomic E-state index is -3.51. The number of halogens is 1. The first-order chi connectivity index (χ1) is 9.79. The normalized spacial score (nSPS) is 15.3. The first-order valence-electron chi connectivity index (χ1n) is 6.80. The molecule has 0 unspecified atom stereocenters. The van der Waals surface area contributed by atoms with E-state index in [0.717, 1.165) is 42.2 Å². The average molecular weight is 375 g/mol. The Bertz CT molecular complexity index is 640. The Morgan fingerprint density at radius 3 is 2.48 bits per heavy atom. The summed E-state index contributed by atoms with van der Waals surface area (Å²) in [5.74, 6) is -0.139. The Hall–Kier alpha value is -1.08. The molecule has 1 saturated heterocycles. The number of rotatable bonds is 4. The van der Waals surface area contributed by atoms with Crippen LogP contribution in [0.5, 0.6) is 0 Å². The number of sulfonamides is 1. The predicted molar refractivity (Wildman–Crippen MR) is 86.9 cm³/mol. The Morgan fingerprint density at radius 2 is 1.95 bits per heavy atom. The maximum absolute atomic E-state index is 12.3. The number of benzene rings is 1. The third-order valence-electron chi connectivity index (χ3n) is 3.57. The van der Waals surface area contributed by atoms with Gasteiger partial charge >= 0.3 is 0 Å². The Labute approximate surface area is 134 Å². The molecule has 0 N–H and O–H groups in total. The van der Waals surface area contributed by atoms with E-state index >= 15 is 0 Å². The monoisotopic (exact) mass is 374 g/mol. The van der Waals surface area contributed by atoms with Crippen molar-refractivity contribution in [3.05, 3.63) is 28.2 Å². The molecule has 0 aliphatic carbocycles. The number of likely N-dealkylation sites (tertiary alicyclic amines) is 1. The SMILES string of the molecule is Cc1cc(Br)ccc1N(CC(=O)N1CCCC1)S(C)(=O)=O. The second kappa shape index (κ2) is 6.36. The summed E-state index contributed by atoms with van der Waals surface area (Å²) in [4.78, 5) is 14.0. The van der Waals surface area contributed by atoms with Crippen LogP contribution in [0.25, 0.3) is 0 Å². The Morgan fingerprint density at radius 1 is 1.33 bits per heavy atom. The van der Waals surface area contributed by atoms with Gasteiger partial charge in [0, 0.05) is 17.6 Å². The van der Waals surface area contributed by atoms with Crippen LogP contribution in [0.15, 0.2) is 22.7 Å². The molecule has 0 aromatic heterocycles. The third kappa shape index (κ3) is 3.97. The molecule has 1 fully saturated rings. The number of anilines is 1. The maximum Gasteiger partial charge on any atom is 0.243 e.